The Morgan fingerprint density at radius 1 is 1.12 bits per heavy atom. The lowest BCUT2D eigenvalue weighted by Gasteiger charge is -2.25. The third-order valence-electron chi connectivity index (χ3n) is 5.79. The van der Waals surface area contributed by atoms with Crippen molar-refractivity contribution < 1.29 is 23.4 Å². The van der Waals surface area contributed by atoms with Crippen molar-refractivity contribution in [1.82, 2.24) is 4.90 Å². The summed E-state index contributed by atoms with van der Waals surface area (Å²) in [6, 6.07) is 8.50. The van der Waals surface area contributed by atoms with Gasteiger partial charge in [-0.3, -0.25) is 9.59 Å². The molecule has 33 heavy (non-hydrogen) atoms. The van der Waals surface area contributed by atoms with Gasteiger partial charge in [0.1, 0.15) is 12.2 Å². The summed E-state index contributed by atoms with van der Waals surface area (Å²) in [7, 11) is 3.12. The maximum Gasteiger partial charge on any atom is 0.290 e. The average Bonchev–Trinajstić information content (AvgIpc) is 3.08. The molecule has 1 aliphatic heterocycles. The summed E-state index contributed by atoms with van der Waals surface area (Å²) in [5.74, 6) is 0.785. The van der Waals surface area contributed by atoms with Crippen LogP contribution >= 0.6 is 0 Å². The van der Waals surface area contributed by atoms with Gasteiger partial charge in [-0.15, -0.1) is 0 Å². The fraction of sp³-hybridized carbons (Fsp3) is 0.308. The molecule has 0 saturated carbocycles. The van der Waals surface area contributed by atoms with E-state index in [9.17, 15) is 9.59 Å². The summed E-state index contributed by atoms with van der Waals surface area (Å²) in [6.45, 7) is 8.41. The molecule has 0 aliphatic carbocycles. The number of hydrogen-bond acceptors (Lipinski definition) is 6. The van der Waals surface area contributed by atoms with E-state index in [-0.39, 0.29) is 17.1 Å². The van der Waals surface area contributed by atoms with Crippen molar-refractivity contribution in [2.75, 3.05) is 34.0 Å². The molecule has 1 unspecified atom stereocenters. The Morgan fingerprint density at radius 2 is 1.91 bits per heavy atom. The van der Waals surface area contributed by atoms with Crippen LogP contribution in [0.2, 0.25) is 0 Å². The van der Waals surface area contributed by atoms with Gasteiger partial charge in [0.05, 0.1) is 30.7 Å². The second-order valence-corrected chi connectivity index (χ2v) is 8.04. The van der Waals surface area contributed by atoms with Crippen molar-refractivity contribution in [1.29, 1.82) is 0 Å². The van der Waals surface area contributed by atoms with E-state index in [4.69, 9.17) is 18.6 Å². The maximum absolute atomic E-state index is 13.7. The first-order valence-corrected chi connectivity index (χ1v) is 10.7. The molecule has 1 aromatic heterocycles. The number of carbonyl (C=O) groups excluding carboxylic acids is 1. The van der Waals surface area contributed by atoms with E-state index in [2.05, 4.69) is 6.58 Å². The van der Waals surface area contributed by atoms with E-state index in [1.165, 1.54) is 0 Å². The molecule has 3 aromatic rings. The van der Waals surface area contributed by atoms with Crippen molar-refractivity contribution in [2.45, 2.75) is 19.9 Å². The Kier molecular flexibility index (Phi) is 6.24. The second-order valence-electron chi connectivity index (χ2n) is 8.04. The van der Waals surface area contributed by atoms with Gasteiger partial charge in [0.2, 0.25) is 5.76 Å². The molecule has 7 heteroatoms. The molecule has 0 spiro atoms. The molecular weight excluding hydrogens is 422 g/mol. The minimum absolute atomic E-state index is 0.0755. The second kappa shape index (κ2) is 9.11. The van der Waals surface area contributed by atoms with Gasteiger partial charge in [-0.05, 0) is 48.7 Å². The van der Waals surface area contributed by atoms with Gasteiger partial charge in [-0.25, -0.2) is 0 Å². The van der Waals surface area contributed by atoms with Gasteiger partial charge >= 0.3 is 0 Å². The fourth-order valence-corrected chi connectivity index (χ4v) is 4.36. The third kappa shape index (κ3) is 3.89. The molecule has 172 valence electrons. The molecule has 0 fully saturated rings. The summed E-state index contributed by atoms with van der Waals surface area (Å²) in [5, 5.41) is 0.468. The van der Waals surface area contributed by atoms with Crippen LogP contribution in [0.3, 0.4) is 0 Å². The van der Waals surface area contributed by atoms with Gasteiger partial charge in [0.15, 0.2) is 16.9 Å². The molecular formula is C26H27NO6. The highest BCUT2D eigenvalue weighted by atomic mass is 16.5. The molecule has 2 aromatic carbocycles. The molecule has 0 bridgehead atoms. The lowest BCUT2D eigenvalue weighted by atomic mass is 9.97. The monoisotopic (exact) mass is 449 g/mol. The third-order valence-corrected chi connectivity index (χ3v) is 5.79. The molecule has 1 aliphatic rings. The number of methoxy groups -OCH3 is 2. The first-order chi connectivity index (χ1) is 15.9. The molecule has 0 N–H and O–H groups in total. The topological polar surface area (TPSA) is 78.2 Å². The van der Waals surface area contributed by atoms with Crippen molar-refractivity contribution in [2.24, 2.45) is 0 Å². The van der Waals surface area contributed by atoms with Crippen LogP contribution < -0.4 is 14.9 Å². The fourth-order valence-electron chi connectivity index (χ4n) is 4.36. The predicted molar refractivity (Wildman–Crippen MR) is 125 cm³/mol. The minimum atomic E-state index is -0.633. The molecule has 0 saturated heterocycles. The zero-order valence-electron chi connectivity index (χ0n) is 19.3. The number of carbonyl (C=O) groups is 1. The molecule has 7 nitrogen and oxygen atoms in total. The SMILES string of the molecule is C=CCOc1ccc(C2c3c(oc4c(C)cc(C)cc4c3=O)C(=O)N2CCOC)cc1OC. The lowest BCUT2D eigenvalue weighted by molar-refractivity contribution is 0.0663. The molecule has 4 rings (SSSR count). The number of amides is 1. The van der Waals surface area contributed by atoms with Crippen LogP contribution in [0.4, 0.5) is 0 Å². The quantitative estimate of drug-likeness (QED) is 0.480. The van der Waals surface area contributed by atoms with E-state index >= 15 is 0 Å². The summed E-state index contributed by atoms with van der Waals surface area (Å²) < 4.78 is 22.5. The highest BCUT2D eigenvalue weighted by Crippen LogP contribution is 2.41. The van der Waals surface area contributed by atoms with Crippen LogP contribution in [0.1, 0.15) is 38.9 Å². The first-order valence-electron chi connectivity index (χ1n) is 10.7. The van der Waals surface area contributed by atoms with Gasteiger partial charge in [-0.1, -0.05) is 24.8 Å². The van der Waals surface area contributed by atoms with Gasteiger partial charge in [-0.2, -0.15) is 0 Å². The van der Waals surface area contributed by atoms with Crippen LogP contribution in [-0.2, 0) is 4.74 Å². The lowest BCUT2D eigenvalue weighted by Crippen LogP contribution is -2.32. The highest BCUT2D eigenvalue weighted by Gasteiger charge is 2.43. The smallest absolute Gasteiger partial charge is 0.290 e. The Morgan fingerprint density at radius 3 is 2.61 bits per heavy atom. The van der Waals surface area contributed by atoms with Crippen LogP contribution in [0.15, 0.2) is 52.2 Å². The largest absolute Gasteiger partial charge is 0.493 e. The molecule has 2 heterocycles. The number of ether oxygens (including phenoxy) is 3. The van der Waals surface area contributed by atoms with Crippen LogP contribution in [0.5, 0.6) is 11.5 Å². The molecule has 0 radical (unpaired) electrons. The van der Waals surface area contributed by atoms with Crippen molar-refractivity contribution in [3.63, 3.8) is 0 Å². The average molecular weight is 450 g/mol. The normalized spacial score (nSPS) is 15.1. The van der Waals surface area contributed by atoms with Crippen molar-refractivity contribution >= 4 is 16.9 Å². The van der Waals surface area contributed by atoms with Gasteiger partial charge < -0.3 is 23.5 Å². The summed E-state index contributed by atoms with van der Waals surface area (Å²) in [6.07, 6.45) is 1.64. The Labute approximate surface area is 192 Å². The molecule has 1 amide bonds. The Hall–Kier alpha value is -3.58. The van der Waals surface area contributed by atoms with E-state index in [0.717, 1.165) is 16.7 Å². The summed E-state index contributed by atoms with van der Waals surface area (Å²) in [5.41, 5.74) is 3.05. The number of benzene rings is 2. The minimum Gasteiger partial charge on any atom is -0.493 e. The summed E-state index contributed by atoms with van der Waals surface area (Å²) in [4.78, 5) is 28.7. The maximum atomic E-state index is 13.7. The van der Waals surface area contributed by atoms with Gasteiger partial charge in [0, 0.05) is 13.7 Å². The van der Waals surface area contributed by atoms with Crippen LogP contribution in [-0.4, -0.2) is 44.8 Å². The van der Waals surface area contributed by atoms with E-state index in [0.29, 0.717) is 47.8 Å². The molecule has 1 atom stereocenters. The highest BCUT2D eigenvalue weighted by molar-refractivity contribution is 5.99. The Balaban J connectivity index is 1.93. The summed E-state index contributed by atoms with van der Waals surface area (Å²) >= 11 is 0. The first kappa shape index (κ1) is 22.6. The standard InChI is InChI=1S/C26H27NO6/c1-6-10-32-19-8-7-17(14-20(19)31-5)22-21-23(28)18-13-15(2)12-16(3)24(18)33-25(21)26(29)27(22)9-11-30-4/h6-8,12-14,22H,1,9-11H2,2-5H3. The van der Waals surface area contributed by atoms with E-state index in [1.807, 2.05) is 26.0 Å². The van der Waals surface area contributed by atoms with Crippen molar-refractivity contribution in [3.05, 3.63) is 81.2 Å². The zero-order valence-corrected chi connectivity index (χ0v) is 19.3. The number of hydrogen-bond donors (Lipinski definition) is 0. The van der Waals surface area contributed by atoms with E-state index in [1.54, 1.807) is 43.4 Å². The number of fused-ring (bicyclic) bond motifs is 2. The van der Waals surface area contributed by atoms with Crippen LogP contribution in [0, 0.1) is 13.8 Å². The van der Waals surface area contributed by atoms with Crippen LogP contribution in [0.25, 0.3) is 11.0 Å². The van der Waals surface area contributed by atoms with Gasteiger partial charge in [0.25, 0.3) is 5.91 Å². The predicted octanol–water partition coefficient (Wildman–Crippen LogP) is 4.17. The Bertz CT molecular complexity index is 1290. The zero-order chi connectivity index (χ0) is 23.7. The number of rotatable bonds is 8. The number of aryl methyl sites for hydroxylation is 2. The van der Waals surface area contributed by atoms with Crippen molar-refractivity contribution in [3.8, 4) is 11.5 Å². The van der Waals surface area contributed by atoms with E-state index < -0.39 is 6.04 Å². The number of nitrogens with zero attached hydrogens (tertiary/aromatic N) is 1.